The van der Waals surface area contributed by atoms with Crippen LogP contribution in [0.25, 0.3) is 0 Å². The van der Waals surface area contributed by atoms with Crippen molar-refractivity contribution < 1.29 is 29.4 Å². The molecule has 0 fully saturated rings. The standard InChI is InChI=1S/C9H12O6/c10-5-6(1-3-8(12)13)7(11)2-4-9(14)15/h5-6H,1-4H2,(H,12,13)(H,14,15). The van der Waals surface area contributed by atoms with E-state index in [0.717, 1.165) is 0 Å². The summed E-state index contributed by atoms with van der Waals surface area (Å²) in [7, 11) is 0. The molecule has 6 nitrogen and oxygen atoms in total. The summed E-state index contributed by atoms with van der Waals surface area (Å²) >= 11 is 0. The van der Waals surface area contributed by atoms with Gasteiger partial charge in [-0.25, -0.2) is 0 Å². The molecule has 1 unspecified atom stereocenters. The van der Waals surface area contributed by atoms with Crippen molar-refractivity contribution in [1.82, 2.24) is 0 Å². The van der Waals surface area contributed by atoms with Crippen LogP contribution < -0.4 is 0 Å². The van der Waals surface area contributed by atoms with E-state index in [-0.39, 0.29) is 25.7 Å². The van der Waals surface area contributed by atoms with Crippen LogP contribution in [0, 0.1) is 5.92 Å². The van der Waals surface area contributed by atoms with Gasteiger partial charge in [-0.3, -0.25) is 14.4 Å². The Morgan fingerprint density at radius 2 is 1.53 bits per heavy atom. The van der Waals surface area contributed by atoms with E-state index in [9.17, 15) is 19.2 Å². The summed E-state index contributed by atoms with van der Waals surface area (Å²) in [6.07, 6.45) is -0.554. The third-order valence-corrected chi connectivity index (χ3v) is 1.83. The topological polar surface area (TPSA) is 109 Å². The van der Waals surface area contributed by atoms with Crippen molar-refractivity contribution in [3.63, 3.8) is 0 Å². The summed E-state index contributed by atoms with van der Waals surface area (Å²) in [4.78, 5) is 42.0. The highest BCUT2D eigenvalue weighted by molar-refractivity contribution is 5.94. The van der Waals surface area contributed by atoms with Gasteiger partial charge in [-0.2, -0.15) is 0 Å². The number of carbonyl (C=O) groups excluding carboxylic acids is 2. The zero-order chi connectivity index (χ0) is 11.8. The highest BCUT2D eigenvalue weighted by Gasteiger charge is 2.19. The van der Waals surface area contributed by atoms with Crippen LogP contribution in [-0.2, 0) is 19.2 Å². The number of rotatable bonds is 8. The van der Waals surface area contributed by atoms with E-state index in [2.05, 4.69) is 0 Å². The van der Waals surface area contributed by atoms with Gasteiger partial charge in [0.05, 0.1) is 12.3 Å². The summed E-state index contributed by atoms with van der Waals surface area (Å²) in [5.74, 6) is -3.73. The Morgan fingerprint density at radius 3 is 1.93 bits per heavy atom. The third-order valence-electron chi connectivity index (χ3n) is 1.83. The first-order chi connectivity index (χ1) is 6.97. The second-order valence-corrected chi connectivity index (χ2v) is 3.04. The lowest BCUT2D eigenvalue weighted by atomic mass is 9.97. The van der Waals surface area contributed by atoms with Gasteiger partial charge in [-0.15, -0.1) is 0 Å². The molecule has 0 heterocycles. The maximum absolute atomic E-state index is 11.2. The average Bonchev–Trinajstić information content (AvgIpc) is 2.15. The zero-order valence-corrected chi connectivity index (χ0v) is 8.01. The van der Waals surface area contributed by atoms with Crippen LogP contribution in [-0.4, -0.2) is 34.2 Å². The van der Waals surface area contributed by atoms with Gasteiger partial charge in [0.2, 0.25) is 0 Å². The summed E-state index contributed by atoms with van der Waals surface area (Å²) in [6.45, 7) is 0. The SMILES string of the molecule is O=CC(CCC(=O)O)C(=O)CCC(=O)O. The molecule has 0 aromatic rings. The molecule has 0 aliphatic carbocycles. The van der Waals surface area contributed by atoms with Gasteiger partial charge in [0.25, 0.3) is 0 Å². The van der Waals surface area contributed by atoms with E-state index in [1.165, 1.54) is 0 Å². The number of hydrogen-bond acceptors (Lipinski definition) is 4. The number of aliphatic carboxylic acids is 2. The fourth-order valence-electron chi connectivity index (χ4n) is 0.999. The predicted octanol–water partition coefficient (Wildman–Crippen LogP) is 0.100. The van der Waals surface area contributed by atoms with Crippen LogP contribution >= 0.6 is 0 Å². The fraction of sp³-hybridized carbons (Fsp3) is 0.556. The molecule has 6 heteroatoms. The second kappa shape index (κ2) is 6.69. The van der Waals surface area contributed by atoms with E-state index in [4.69, 9.17) is 10.2 Å². The Labute approximate surface area is 85.9 Å². The Balaban J connectivity index is 4.04. The van der Waals surface area contributed by atoms with E-state index in [1.807, 2.05) is 0 Å². The molecule has 2 N–H and O–H groups in total. The van der Waals surface area contributed by atoms with Crippen LogP contribution in [0.1, 0.15) is 25.7 Å². The first kappa shape index (κ1) is 13.3. The molecular weight excluding hydrogens is 204 g/mol. The Morgan fingerprint density at radius 1 is 1.00 bits per heavy atom. The molecule has 84 valence electrons. The Hall–Kier alpha value is -1.72. The highest BCUT2D eigenvalue weighted by Crippen LogP contribution is 2.09. The van der Waals surface area contributed by atoms with Crippen molar-refractivity contribution >= 4 is 24.0 Å². The fourth-order valence-corrected chi connectivity index (χ4v) is 0.999. The molecule has 0 rings (SSSR count). The lowest BCUT2D eigenvalue weighted by molar-refractivity contribution is -0.140. The summed E-state index contributed by atoms with van der Waals surface area (Å²) < 4.78 is 0. The molecule has 0 aromatic heterocycles. The van der Waals surface area contributed by atoms with Gasteiger partial charge in [0.1, 0.15) is 12.1 Å². The maximum Gasteiger partial charge on any atom is 0.303 e. The number of carboxylic acids is 2. The number of hydrogen-bond donors (Lipinski definition) is 2. The molecule has 0 radical (unpaired) electrons. The summed E-state index contributed by atoms with van der Waals surface area (Å²) in [6, 6.07) is 0. The first-order valence-electron chi connectivity index (χ1n) is 4.39. The number of carbonyl (C=O) groups is 4. The van der Waals surface area contributed by atoms with Crippen LogP contribution in [0.3, 0.4) is 0 Å². The maximum atomic E-state index is 11.2. The largest absolute Gasteiger partial charge is 0.481 e. The molecule has 0 aromatic carbocycles. The van der Waals surface area contributed by atoms with Crippen molar-refractivity contribution in [2.24, 2.45) is 5.92 Å². The molecule has 0 spiro atoms. The normalized spacial score (nSPS) is 11.7. The van der Waals surface area contributed by atoms with Crippen LogP contribution in [0.2, 0.25) is 0 Å². The second-order valence-electron chi connectivity index (χ2n) is 3.04. The van der Waals surface area contributed by atoms with Gasteiger partial charge in [-0.05, 0) is 6.42 Å². The van der Waals surface area contributed by atoms with Crippen LogP contribution in [0.5, 0.6) is 0 Å². The average molecular weight is 216 g/mol. The van der Waals surface area contributed by atoms with Crippen LogP contribution in [0.4, 0.5) is 0 Å². The smallest absolute Gasteiger partial charge is 0.303 e. The molecule has 15 heavy (non-hydrogen) atoms. The number of Topliss-reactive ketones (excluding diaryl/α,β-unsaturated/α-hetero) is 1. The minimum absolute atomic E-state index is 0.0721. The van der Waals surface area contributed by atoms with E-state index < -0.39 is 23.6 Å². The first-order valence-corrected chi connectivity index (χ1v) is 4.39. The number of carboxylic acid groups (broad SMARTS) is 2. The lowest BCUT2D eigenvalue weighted by Crippen LogP contribution is -2.18. The number of aldehydes is 1. The monoisotopic (exact) mass is 216 g/mol. The molecule has 0 bridgehead atoms. The minimum Gasteiger partial charge on any atom is -0.481 e. The van der Waals surface area contributed by atoms with Gasteiger partial charge < -0.3 is 15.0 Å². The van der Waals surface area contributed by atoms with Crippen molar-refractivity contribution in [2.75, 3.05) is 0 Å². The zero-order valence-electron chi connectivity index (χ0n) is 8.01. The summed E-state index contributed by atoms with van der Waals surface area (Å²) in [5, 5.41) is 16.6. The molecule has 0 aliphatic rings. The quantitative estimate of drug-likeness (QED) is 0.440. The molecular formula is C9H12O6. The highest BCUT2D eigenvalue weighted by atomic mass is 16.4. The molecule has 0 aliphatic heterocycles. The van der Waals surface area contributed by atoms with Gasteiger partial charge >= 0.3 is 11.9 Å². The predicted molar refractivity (Wildman–Crippen MR) is 48.3 cm³/mol. The molecule has 1 atom stereocenters. The van der Waals surface area contributed by atoms with Crippen LogP contribution in [0.15, 0.2) is 0 Å². The summed E-state index contributed by atoms with van der Waals surface area (Å²) in [5.41, 5.74) is 0. The minimum atomic E-state index is -1.12. The van der Waals surface area contributed by atoms with Crippen molar-refractivity contribution in [2.45, 2.75) is 25.7 Å². The Kier molecular flexibility index (Phi) is 5.92. The van der Waals surface area contributed by atoms with E-state index >= 15 is 0 Å². The molecule has 0 saturated heterocycles. The van der Waals surface area contributed by atoms with Crippen molar-refractivity contribution in [1.29, 1.82) is 0 Å². The van der Waals surface area contributed by atoms with Gasteiger partial charge in [-0.1, -0.05) is 0 Å². The van der Waals surface area contributed by atoms with Gasteiger partial charge in [0.15, 0.2) is 0 Å². The van der Waals surface area contributed by atoms with Crippen molar-refractivity contribution in [3.05, 3.63) is 0 Å². The molecule has 0 saturated carbocycles. The third kappa shape index (κ3) is 6.36. The van der Waals surface area contributed by atoms with E-state index in [0.29, 0.717) is 6.29 Å². The number of ketones is 1. The van der Waals surface area contributed by atoms with Crippen molar-refractivity contribution in [3.8, 4) is 0 Å². The molecule has 0 amide bonds. The Bertz CT molecular complexity index is 270. The van der Waals surface area contributed by atoms with Gasteiger partial charge in [0, 0.05) is 12.8 Å². The van der Waals surface area contributed by atoms with E-state index in [1.54, 1.807) is 0 Å². The lowest BCUT2D eigenvalue weighted by Gasteiger charge is -2.05.